The van der Waals surface area contributed by atoms with E-state index in [2.05, 4.69) is 10.3 Å². The number of carbonyl (C=O) groups is 1. The van der Waals surface area contributed by atoms with Crippen LogP contribution < -0.4 is 10.9 Å². The highest BCUT2D eigenvalue weighted by atomic mass is 16.6. The largest absolute Gasteiger partial charge is 0.325 e. The van der Waals surface area contributed by atoms with Crippen molar-refractivity contribution in [2.24, 2.45) is 0 Å². The number of anilines is 1. The minimum Gasteiger partial charge on any atom is -0.325 e. The molecule has 1 heterocycles. The molecule has 0 atom stereocenters. The quantitative estimate of drug-likeness (QED) is 0.662. The van der Waals surface area contributed by atoms with Crippen LogP contribution in [-0.2, 0) is 4.79 Å². The first-order valence-electron chi connectivity index (χ1n) is 6.54. The molecule has 0 radical (unpaired) electrons. The van der Waals surface area contributed by atoms with Crippen LogP contribution in [0.3, 0.4) is 0 Å². The second-order valence-electron chi connectivity index (χ2n) is 4.85. The third kappa shape index (κ3) is 3.24. The topological polar surface area (TPSA) is 129 Å². The molecule has 0 aliphatic rings. The smallest absolute Gasteiger partial charge is 0.293 e. The van der Waals surface area contributed by atoms with Crippen molar-refractivity contribution >= 4 is 17.3 Å². The fourth-order valence-corrected chi connectivity index (χ4v) is 2.17. The molecule has 0 fully saturated rings. The first kappa shape index (κ1) is 15.9. The van der Waals surface area contributed by atoms with Crippen molar-refractivity contribution in [3.05, 3.63) is 56.0 Å². The van der Waals surface area contributed by atoms with Crippen molar-refractivity contribution in [1.29, 1.82) is 5.26 Å². The van der Waals surface area contributed by atoms with E-state index in [0.717, 1.165) is 0 Å². The van der Waals surface area contributed by atoms with Gasteiger partial charge in [-0.15, -0.1) is 0 Å². The van der Waals surface area contributed by atoms with Crippen molar-refractivity contribution in [3.8, 4) is 17.2 Å². The van der Waals surface area contributed by atoms with Crippen molar-refractivity contribution in [2.45, 2.75) is 13.8 Å². The number of benzene rings is 1. The van der Waals surface area contributed by atoms with Crippen LogP contribution in [-0.4, -0.2) is 15.8 Å². The minimum atomic E-state index is -0.638. The van der Waals surface area contributed by atoms with Crippen LogP contribution in [0.2, 0.25) is 0 Å². The van der Waals surface area contributed by atoms with Gasteiger partial charge in [-0.1, -0.05) is 6.07 Å². The molecule has 0 saturated heterocycles. The summed E-state index contributed by atoms with van der Waals surface area (Å²) >= 11 is 0. The number of H-pyrrole nitrogens is 1. The zero-order valence-electron chi connectivity index (χ0n) is 12.3. The lowest BCUT2D eigenvalue weighted by Crippen LogP contribution is -2.13. The fraction of sp³-hybridized carbons (Fsp3) is 0.133. The number of pyridine rings is 1. The Morgan fingerprint density at radius 2 is 2.09 bits per heavy atom. The lowest BCUT2D eigenvalue weighted by molar-refractivity contribution is -0.383. The summed E-state index contributed by atoms with van der Waals surface area (Å²) in [6.45, 7) is 2.89. The lowest BCUT2D eigenvalue weighted by atomic mass is 10.00. The maximum absolute atomic E-state index is 11.8. The molecule has 1 aromatic carbocycles. The normalized spacial score (nSPS) is 9.96. The zero-order valence-corrected chi connectivity index (χ0v) is 12.3. The van der Waals surface area contributed by atoms with E-state index >= 15 is 0 Å². The van der Waals surface area contributed by atoms with Crippen molar-refractivity contribution < 1.29 is 9.72 Å². The highest BCUT2D eigenvalue weighted by Gasteiger charge is 2.18. The SMILES string of the molecule is CC(=O)Nc1ccc(-c2cc(C)[nH]c(=O)c2C#N)cc1[N+](=O)[O-]. The Hall–Kier alpha value is -3.47. The first-order valence-corrected chi connectivity index (χ1v) is 6.54. The molecule has 23 heavy (non-hydrogen) atoms. The summed E-state index contributed by atoms with van der Waals surface area (Å²) in [6.07, 6.45) is 0. The molecule has 0 unspecified atom stereocenters. The van der Waals surface area contributed by atoms with E-state index < -0.39 is 16.4 Å². The second kappa shape index (κ2) is 6.11. The summed E-state index contributed by atoms with van der Waals surface area (Å²) < 4.78 is 0. The number of nitriles is 1. The average molecular weight is 312 g/mol. The number of amides is 1. The van der Waals surface area contributed by atoms with Gasteiger partial charge in [0, 0.05) is 24.2 Å². The number of rotatable bonds is 3. The van der Waals surface area contributed by atoms with Crippen LogP contribution in [0.1, 0.15) is 18.2 Å². The van der Waals surface area contributed by atoms with E-state index in [1.807, 2.05) is 0 Å². The predicted molar refractivity (Wildman–Crippen MR) is 82.9 cm³/mol. The van der Waals surface area contributed by atoms with Gasteiger partial charge < -0.3 is 10.3 Å². The second-order valence-corrected chi connectivity index (χ2v) is 4.85. The van der Waals surface area contributed by atoms with E-state index in [4.69, 9.17) is 5.26 Å². The van der Waals surface area contributed by atoms with Gasteiger partial charge in [0.15, 0.2) is 0 Å². The van der Waals surface area contributed by atoms with E-state index in [1.54, 1.807) is 19.1 Å². The van der Waals surface area contributed by atoms with Crippen LogP contribution in [0.15, 0.2) is 29.1 Å². The van der Waals surface area contributed by atoms with E-state index in [-0.39, 0.29) is 16.9 Å². The molecule has 8 nitrogen and oxygen atoms in total. The Morgan fingerprint density at radius 3 is 2.65 bits per heavy atom. The number of hydrogen-bond acceptors (Lipinski definition) is 5. The van der Waals surface area contributed by atoms with Crippen molar-refractivity contribution in [1.82, 2.24) is 4.98 Å². The molecular formula is C15H12N4O4. The molecule has 2 N–H and O–H groups in total. The highest BCUT2D eigenvalue weighted by molar-refractivity contribution is 5.92. The Bertz CT molecular complexity index is 909. The van der Waals surface area contributed by atoms with E-state index in [0.29, 0.717) is 16.8 Å². The third-order valence-electron chi connectivity index (χ3n) is 3.10. The van der Waals surface area contributed by atoms with Crippen molar-refractivity contribution in [3.63, 3.8) is 0 Å². The van der Waals surface area contributed by atoms with Gasteiger partial charge in [0.25, 0.3) is 11.2 Å². The standard InChI is InChI=1S/C15H12N4O4/c1-8-5-11(12(7-16)15(21)17-8)10-3-4-13(18-9(2)20)14(6-10)19(22)23/h3-6H,1-2H3,(H,17,21)(H,18,20). The summed E-state index contributed by atoms with van der Waals surface area (Å²) in [5.41, 5.74) is 0.208. The van der Waals surface area contributed by atoms with Gasteiger partial charge in [-0.25, -0.2) is 0 Å². The van der Waals surface area contributed by atoms with Gasteiger partial charge in [0.1, 0.15) is 17.3 Å². The van der Waals surface area contributed by atoms with E-state index in [1.165, 1.54) is 25.1 Å². The molecule has 2 aromatic rings. The maximum Gasteiger partial charge on any atom is 0.293 e. The van der Waals surface area contributed by atoms with Gasteiger partial charge in [0.2, 0.25) is 5.91 Å². The Morgan fingerprint density at radius 1 is 1.39 bits per heavy atom. The monoisotopic (exact) mass is 312 g/mol. The molecule has 8 heteroatoms. The summed E-state index contributed by atoms with van der Waals surface area (Å²) in [4.78, 5) is 36.0. The van der Waals surface area contributed by atoms with Gasteiger partial charge >= 0.3 is 0 Å². The number of carbonyl (C=O) groups excluding carboxylic acids is 1. The number of nitro benzene ring substituents is 1. The van der Waals surface area contributed by atoms with Crippen LogP contribution in [0.4, 0.5) is 11.4 Å². The molecule has 116 valence electrons. The summed E-state index contributed by atoms with van der Waals surface area (Å²) in [5, 5.41) is 22.7. The highest BCUT2D eigenvalue weighted by Crippen LogP contribution is 2.31. The third-order valence-corrected chi connectivity index (χ3v) is 3.10. The van der Waals surface area contributed by atoms with Gasteiger partial charge in [0.05, 0.1) is 4.92 Å². The molecule has 0 bridgehead atoms. The number of nitrogens with zero attached hydrogens (tertiary/aromatic N) is 2. The van der Waals surface area contributed by atoms with Crippen LogP contribution in [0, 0.1) is 28.4 Å². The molecule has 0 saturated carbocycles. The van der Waals surface area contributed by atoms with Crippen LogP contribution >= 0.6 is 0 Å². The Balaban J connectivity index is 2.69. The van der Waals surface area contributed by atoms with Gasteiger partial charge in [-0.05, 0) is 24.6 Å². The number of aromatic nitrogens is 1. The minimum absolute atomic E-state index is 0.0475. The molecule has 1 amide bonds. The maximum atomic E-state index is 11.8. The zero-order chi connectivity index (χ0) is 17.1. The van der Waals surface area contributed by atoms with Crippen LogP contribution in [0.25, 0.3) is 11.1 Å². The Labute approximate surface area is 130 Å². The first-order chi connectivity index (χ1) is 10.8. The molecule has 1 aromatic heterocycles. The molecular weight excluding hydrogens is 300 g/mol. The summed E-state index contributed by atoms with van der Waals surface area (Å²) in [6, 6.07) is 7.47. The number of aromatic amines is 1. The number of nitrogens with one attached hydrogen (secondary N) is 2. The Kier molecular flexibility index (Phi) is 4.23. The summed E-state index contributed by atoms with van der Waals surface area (Å²) in [7, 11) is 0. The van der Waals surface area contributed by atoms with E-state index in [9.17, 15) is 19.7 Å². The van der Waals surface area contributed by atoms with Crippen molar-refractivity contribution in [2.75, 3.05) is 5.32 Å². The fourth-order valence-electron chi connectivity index (χ4n) is 2.17. The summed E-state index contributed by atoms with van der Waals surface area (Å²) in [5.74, 6) is -0.439. The molecule has 0 spiro atoms. The molecule has 0 aliphatic heterocycles. The average Bonchev–Trinajstić information content (AvgIpc) is 2.46. The number of nitro groups is 1. The molecule has 0 aliphatic carbocycles. The number of hydrogen-bond donors (Lipinski definition) is 2. The van der Waals surface area contributed by atoms with Gasteiger partial charge in [-0.2, -0.15) is 5.26 Å². The lowest BCUT2D eigenvalue weighted by Gasteiger charge is -2.08. The predicted octanol–water partition coefficient (Wildman–Crippen LogP) is 2.09. The van der Waals surface area contributed by atoms with Crippen LogP contribution in [0.5, 0.6) is 0 Å². The van der Waals surface area contributed by atoms with Gasteiger partial charge in [-0.3, -0.25) is 19.7 Å². The number of aryl methyl sites for hydroxylation is 1. The molecule has 2 rings (SSSR count).